The van der Waals surface area contributed by atoms with Crippen molar-refractivity contribution in [1.29, 1.82) is 0 Å². The largest absolute Gasteiger partial charge is 0.300 e. The zero-order valence-electron chi connectivity index (χ0n) is 7.37. The first kappa shape index (κ1) is 9.16. The summed E-state index contributed by atoms with van der Waals surface area (Å²) in [5, 5.41) is 10.6. The Morgan fingerprint density at radius 1 is 1.58 bits per heavy atom. The fourth-order valence-electron chi connectivity index (χ4n) is 1.57. The van der Waals surface area contributed by atoms with E-state index in [9.17, 15) is 14.9 Å². The number of rotatable bonds is 2. The molecule has 0 spiro atoms. The molecular weight excluding hydrogens is 158 g/mol. The summed E-state index contributed by atoms with van der Waals surface area (Å²) in [4.78, 5) is 21.2. The smallest absolute Gasteiger partial charge is 0.220 e. The average molecular weight is 171 g/mol. The van der Waals surface area contributed by atoms with E-state index < -0.39 is 5.54 Å². The molecule has 1 unspecified atom stereocenters. The first-order valence-electron chi connectivity index (χ1n) is 4.11. The number of ketones is 1. The van der Waals surface area contributed by atoms with Crippen LogP contribution >= 0.6 is 0 Å². The summed E-state index contributed by atoms with van der Waals surface area (Å²) >= 11 is 0. The summed E-state index contributed by atoms with van der Waals surface area (Å²) < 4.78 is 0. The van der Waals surface area contributed by atoms with E-state index >= 15 is 0 Å². The Hall–Kier alpha value is -0.930. The molecule has 0 bridgehead atoms. The Morgan fingerprint density at radius 2 is 2.17 bits per heavy atom. The molecule has 4 nitrogen and oxygen atoms in total. The van der Waals surface area contributed by atoms with Gasteiger partial charge in [0.25, 0.3) is 0 Å². The van der Waals surface area contributed by atoms with E-state index in [1.807, 2.05) is 0 Å². The molecule has 68 valence electrons. The molecule has 0 N–H and O–H groups in total. The molecule has 0 aromatic rings. The van der Waals surface area contributed by atoms with Gasteiger partial charge in [-0.15, -0.1) is 0 Å². The van der Waals surface area contributed by atoms with Crippen LogP contribution in [0.5, 0.6) is 0 Å². The highest BCUT2D eigenvalue weighted by molar-refractivity contribution is 5.80. The number of hydrogen-bond donors (Lipinski definition) is 0. The van der Waals surface area contributed by atoms with Gasteiger partial charge < -0.3 is 0 Å². The number of carbonyl (C=O) groups excluding carboxylic acids is 1. The number of Topliss-reactive ketones (excluding diaryl/α,β-unsaturated/α-hetero) is 1. The highest BCUT2D eigenvalue weighted by Crippen LogP contribution is 2.33. The van der Waals surface area contributed by atoms with Gasteiger partial charge in [0.05, 0.1) is 0 Å². The molecule has 1 rings (SSSR count). The first-order valence-corrected chi connectivity index (χ1v) is 4.11. The van der Waals surface area contributed by atoms with E-state index in [2.05, 4.69) is 0 Å². The Bertz CT molecular complexity index is 222. The second-order valence-corrected chi connectivity index (χ2v) is 3.89. The minimum absolute atomic E-state index is 0.0694. The maximum Gasteiger partial charge on any atom is 0.220 e. The number of nitro groups is 1. The zero-order chi connectivity index (χ0) is 9.35. The molecule has 0 radical (unpaired) electrons. The lowest BCUT2D eigenvalue weighted by Crippen LogP contribution is -2.38. The normalized spacial score (nSPS) is 24.5. The third-order valence-electron chi connectivity index (χ3n) is 2.72. The van der Waals surface area contributed by atoms with Gasteiger partial charge in [-0.2, -0.15) is 0 Å². The van der Waals surface area contributed by atoms with Crippen molar-refractivity contribution in [2.24, 2.45) is 5.92 Å². The predicted molar refractivity (Wildman–Crippen MR) is 43.4 cm³/mol. The summed E-state index contributed by atoms with van der Waals surface area (Å²) in [6, 6.07) is 0. The van der Waals surface area contributed by atoms with E-state index in [0.29, 0.717) is 19.3 Å². The maximum atomic E-state index is 10.9. The van der Waals surface area contributed by atoms with Gasteiger partial charge in [-0.25, -0.2) is 0 Å². The van der Waals surface area contributed by atoms with Crippen LogP contribution in [0, 0.1) is 16.0 Å². The van der Waals surface area contributed by atoms with Crippen LogP contribution in [0.4, 0.5) is 0 Å². The molecule has 1 aliphatic carbocycles. The maximum absolute atomic E-state index is 10.9. The van der Waals surface area contributed by atoms with Crippen molar-refractivity contribution in [2.45, 2.75) is 38.6 Å². The Morgan fingerprint density at radius 3 is 2.50 bits per heavy atom. The van der Waals surface area contributed by atoms with Crippen LogP contribution in [0.2, 0.25) is 0 Å². The topological polar surface area (TPSA) is 60.2 Å². The lowest BCUT2D eigenvalue weighted by molar-refractivity contribution is -0.571. The van der Waals surface area contributed by atoms with Gasteiger partial charge in [-0.05, 0) is 6.42 Å². The molecule has 0 aromatic carbocycles. The Kier molecular flexibility index (Phi) is 2.17. The van der Waals surface area contributed by atoms with Gasteiger partial charge >= 0.3 is 0 Å². The van der Waals surface area contributed by atoms with Crippen molar-refractivity contribution >= 4 is 5.78 Å². The first-order chi connectivity index (χ1) is 5.44. The molecule has 4 heteroatoms. The zero-order valence-corrected chi connectivity index (χ0v) is 7.37. The average Bonchev–Trinajstić information content (AvgIpc) is 2.35. The summed E-state index contributed by atoms with van der Waals surface area (Å²) in [5.74, 6) is 0.0925. The molecule has 0 aliphatic heterocycles. The van der Waals surface area contributed by atoms with Gasteiger partial charge in [-0.3, -0.25) is 14.9 Å². The van der Waals surface area contributed by atoms with Crippen LogP contribution in [0.15, 0.2) is 0 Å². The quantitative estimate of drug-likeness (QED) is 0.466. The molecule has 1 saturated carbocycles. The number of hydrogen-bond acceptors (Lipinski definition) is 3. The molecule has 0 aromatic heterocycles. The third-order valence-corrected chi connectivity index (χ3v) is 2.72. The molecule has 1 fully saturated rings. The number of carbonyl (C=O) groups is 1. The van der Waals surface area contributed by atoms with E-state index in [0.717, 1.165) is 0 Å². The van der Waals surface area contributed by atoms with Crippen LogP contribution < -0.4 is 0 Å². The molecule has 1 atom stereocenters. The van der Waals surface area contributed by atoms with E-state index in [1.54, 1.807) is 13.8 Å². The molecule has 0 saturated heterocycles. The minimum atomic E-state index is -0.938. The van der Waals surface area contributed by atoms with Gasteiger partial charge in [-0.1, -0.05) is 0 Å². The predicted octanol–water partition coefficient (Wildman–Crippen LogP) is 1.41. The van der Waals surface area contributed by atoms with Crippen LogP contribution in [0.25, 0.3) is 0 Å². The van der Waals surface area contributed by atoms with Crippen LogP contribution in [0.3, 0.4) is 0 Å². The number of nitrogens with zero attached hydrogens (tertiary/aromatic N) is 1. The monoisotopic (exact) mass is 171 g/mol. The second kappa shape index (κ2) is 2.84. The standard InChI is InChI=1S/C8H13NO3/c1-8(2,9(11)12)6-3-4-7(10)5-6/h6H,3-5H2,1-2H3. The van der Waals surface area contributed by atoms with Gasteiger partial charge in [0, 0.05) is 37.5 Å². The molecule has 0 amide bonds. The molecule has 12 heavy (non-hydrogen) atoms. The van der Waals surface area contributed by atoms with Gasteiger partial charge in [0.2, 0.25) is 5.54 Å². The van der Waals surface area contributed by atoms with Crippen molar-refractivity contribution in [3.63, 3.8) is 0 Å². The summed E-state index contributed by atoms with van der Waals surface area (Å²) in [5.41, 5.74) is -0.938. The van der Waals surface area contributed by atoms with E-state index in [1.165, 1.54) is 0 Å². The summed E-state index contributed by atoms with van der Waals surface area (Å²) in [6.07, 6.45) is 1.57. The van der Waals surface area contributed by atoms with Crippen LogP contribution in [-0.4, -0.2) is 16.2 Å². The van der Waals surface area contributed by atoms with Crippen molar-refractivity contribution in [3.8, 4) is 0 Å². The second-order valence-electron chi connectivity index (χ2n) is 3.89. The third kappa shape index (κ3) is 1.47. The van der Waals surface area contributed by atoms with Crippen LogP contribution in [0.1, 0.15) is 33.1 Å². The van der Waals surface area contributed by atoms with Crippen molar-refractivity contribution in [1.82, 2.24) is 0 Å². The Labute approximate surface area is 71.1 Å². The lowest BCUT2D eigenvalue weighted by Gasteiger charge is -2.21. The highest BCUT2D eigenvalue weighted by Gasteiger charge is 2.44. The fraction of sp³-hybridized carbons (Fsp3) is 0.875. The van der Waals surface area contributed by atoms with E-state index in [-0.39, 0.29) is 16.6 Å². The van der Waals surface area contributed by atoms with Crippen molar-refractivity contribution in [2.75, 3.05) is 0 Å². The van der Waals surface area contributed by atoms with Gasteiger partial charge in [0.15, 0.2) is 0 Å². The van der Waals surface area contributed by atoms with Crippen molar-refractivity contribution < 1.29 is 9.72 Å². The lowest BCUT2D eigenvalue weighted by atomic mass is 9.87. The molecule has 1 aliphatic rings. The van der Waals surface area contributed by atoms with Crippen molar-refractivity contribution in [3.05, 3.63) is 10.1 Å². The summed E-state index contributed by atoms with van der Waals surface area (Å²) in [7, 11) is 0. The molecule has 0 heterocycles. The Balaban J connectivity index is 2.70. The fourth-order valence-corrected chi connectivity index (χ4v) is 1.57. The SMILES string of the molecule is CC(C)(C1CCC(=O)C1)[N+](=O)[O-]. The van der Waals surface area contributed by atoms with E-state index in [4.69, 9.17) is 0 Å². The summed E-state index contributed by atoms with van der Waals surface area (Å²) in [6.45, 7) is 3.19. The minimum Gasteiger partial charge on any atom is -0.300 e. The van der Waals surface area contributed by atoms with Gasteiger partial charge in [0.1, 0.15) is 5.78 Å². The van der Waals surface area contributed by atoms with Crippen LogP contribution in [-0.2, 0) is 4.79 Å². The highest BCUT2D eigenvalue weighted by atomic mass is 16.6. The molecular formula is C8H13NO3.